The third-order valence-electron chi connectivity index (χ3n) is 6.73. The summed E-state index contributed by atoms with van der Waals surface area (Å²) in [5, 5.41) is 22.1. The van der Waals surface area contributed by atoms with Gasteiger partial charge in [0.15, 0.2) is 23.4 Å². The molecule has 4 atom stereocenters. The van der Waals surface area contributed by atoms with E-state index >= 15 is 0 Å². The zero-order valence-electron chi connectivity index (χ0n) is 13.5. The maximum atomic E-state index is 12.6. The fourth-order valence-corrected chi connectivity index (χ4v) is 5.80. The molecule has 2 aliphatic heterocycles. The quantitative estimate of drug-likeness (QED) is 0.802. The van der Waals surface area contributed by atoms with Crippen molar-refractivity contribution in [2.45, 2.75) is 48.8 Å². The lowest BCUT2D eigenvalue weighted by molar-refractivity contribution is -0.187. The van der Waals surface area contributed by atoms with E-state index in [-0.39, 0.29) is 17.6 Å². The number of likely N-dealkylation sites (tertiary alicyclic amines) is 1. The lowest BCUT2D eigenvalue weighted by Crippen LogP contribution is -2.76. The van der Waals surface area contributed by atoms with Crippen LogP contribution in [0.15, 0.2) is 24.8 Å². The number of Topliss-reactive ketones (excluding diaryl/α,β-unsaturated/α-hetero) is 1. The van der Waals surface area contributed by atoms with E-state index < -0.39 is 17.1 Å². The van der Waals surface area contributed by atoms with Gasteiger partial charge in [0.1, 0.15) is 0 Å². The number of aliphatic hydroxyl groups is 1. The summed E-state index contributed by atoms with van der Waals surface area (Å²) in [6.45, 7) is 5.36. The number of rotatable bonds is 2. The van der Waals surface area contributed by atoms with Gasteiger partial charge in [0, 0.05) is 31.1 Å². The van der Waals surface area contributed by atoms with Gasteiger partial charge in [-0.2, -0.15) is 0 Å². The number of aromatic hydroxyl groups is 1. The van der Waals surface area contributed by atoms with Crippen LogP contribution in [0.3, 0.4) is 0 Å². The van der Waals surface area contributed by atoms with E-state index in [4.69, 9.17) is 4.74 Å². The molecule has 2 N–H and O–H groups in total. The lowest BCUT2D eigenvalue weighted by atomic mass is 9.49. The van der Waals surface area contributed by atoms with Gasteiger partial charge in [-0.15, -0.1) is 6.58 Å². The van der Waals surface area contributed by atoms with E-state index in [9.17, 15) is 15.0 Å². The Morgan fingerprint density at radius 2 is 2.25 bits per heavy atom. The molecule has 5 heteroatoms. The van der Waals surface area contributed by atoms with Gasteiger partial charge in [0.25, 0.3) is 0 Å². The van der Waals surface area contributed by atoms with Crippen molar-refractivity contribution < 1.29 is 19.7 Å². The molecule has 4 aliphatic rings. The fourth-order valence-electron chi connectivity index (χ4n) is 5.80. The number of ether oxygens (including phenoxy) is 1. The van der Waals surface area contributed by atoms with Crippen LogP contribution in [-0.4, -0.2) is 51.7 Å². The Morgan fingerprint density at radius 1 is 1.42 bits per heavy atom. The smallest absolute Gasteiger partial charge is 0.174 e. The molecular formula is C19H21NO4. The minimum atomic E-state index is -1.00. The molecular weight excluding hydrogens is 306 g/mol. The second-order valence-corrected chi connectivity index (χ2v) is 7.56. The monoisotopic (exact) mass is 327 g/mol. The molecule has 2 heterocycles. The molecule has 0 aromatic heterocycles. The Labute approximate surface area is 140 Å². The molecule has 1 aromatic carbocycles. The average Bonchev–Trinajstić information content (AvgIpc) is 2.91. The summed E-state index contributed by atoms with van der Waals surface area (Å²) in [6.07, 6.45) is 3.35. The molecule has 2 bridgehead atoms. The third-order valence-corrected chi connectivity index (χ3v) is 6.73. The zero-order chi connectivity index (χ0) is 16.7. The normalized spacial score (nSPS) is 39.3. The van der Waals surface area contributed by atoms with E-state index in [2.05, 4.69) is 11.5 Å². The summed E-state index contributed by atoms with van der Waals surface area (Å²) in [6, 6.07) is 3.52. The van der Waals surface area contributed by atoms with Crippen molar-refractivity contribution in [3.63, 3.8) is 0 Å². The first-order valence-corrected chi connectivity index (χ1v) is 8.65. The van der Waals surface area contributed by atoms with Gasteiger partial charge in [-0.25, -0.2) is 0 Å². The summed E-state index contributed by atoms with van der Waals surface area (Å²) in [4.78, 5) is 14.9. The van der Waals surface area contributed by atoms with Gasteiger partial charge in [-0.05, 0) is 30.9 Å². The first kappa shape index (κ1) is 14.5. The third kappa shape index (κ3) is 1.38. The Balaban J connectivity index is 1.80. The van der Waals surface area contributed by atoms with E-state index in [1.807, 2.05) is 12.1 Å². The maximum absolute atomic E-state index is 12.6. The van der Waals surface area contributed by atoms with Crippen LogP contribution in [-0.2, 0) is 16.6 Å². The van der Waals surface area contributed by atoms with Crippen LogP contribution in [0.25, 0.3) is 0 Å². The van der Waals surface area contributed by atoms with E-state index in [1.165, 1.54) is 0 Å². The fraction of sp³-hybridized carbons (Fsp3) is 0.526. The highest BCUT2D eigenvalue weighted by Crippen LogP contribution is 2.64. The van der Waals surface area contributed by atoms with Gasteiger partial charge in [-0.3, -0.25) is 9.69 Å². The van der Waals surface area contributed by atoms with Gasteiger partial charge >= 0.3 is 0 Å². The van der Waals surface area contributed by atoms with Crippen LogP contribution in [0.1, 0.15) is 30.4 Å². The molecule has 0 radical (unpaired) electrons. The molecule has 1 saturated heterocycles. The van der Waals surface area contributed by atoms with Crippen LogP contribution in [0.4, 0.5) is 0 Å². The lowest BCUT2D eigenvalue weighted by Gasteiger charge is -2.62. The van der Waals surface area contributed by atoms with E-state index in [1.54, 1.807) is 6.07 Å². The highest BCUT2D eigenvalue weighted by atomic mass is 16.5. The second kappa shape index (κ2) is 4.41. The van der Waals surface area contributed by atoms with Crippen molar-refractivity contribution in [3.05, 3.63) is 35.9 Å². The summed E-state index contributed by atoms with van der Waals surface area (Å²) in [5.41, 5.74) is 0.256. The predicted octanol–water partition coefficient (Wildman–Crippen LogP) is 1.30. The molecule has 126 valence electrons. The molecule has 2 aliphatic carbocycles. The minimum Gasteiger partial charge on any atom is -0.504 e. The number of ketones is 1. The molecule has 24 heavy (non-hydrogen) atoms. The van der Waals surface area contributed by atoms with Gasteiger partial charge in [-0.1, -0.05) is 12.1 Å². The van der Waals surface area contributed by atoms with Crippen LogP contribution in [0, 0.1) is 0 Å². The zero-order valence-corrected chi connectivity index (χ0v) is 13.5. The number of piperidine rings is 1. The average molecular weight is 327 g/mol. The van der Waals surface area contributed by atoms with Crippen LogP contribution < -0.4 is 4.74 Å². The number of phenols is 1. The largest absolute Gasteiger partial charge is 0.504 e. The standard InChI is InChI=1S/C19H21NO4/c1-2-8-20-9-7-18-15-11-3-4-12(21)16(15)24-17(18)13(22)5-6-19(18,23)14(20)10-11/h2-4,14,17,21,23H,1,5-10H2/t14?,17-,18-,19-/m0/s1. The Kier molecular flexibility index (Phi) is 2.66. The molecule has 5 rings (SSSR count). The number of hydrogen-bond acceptors (Lipinski definition) is 5. The highest BCUT2D eigenvalue weighted by molar-refractivity contribution is 5.90. The Hall–Kier alpha value is -1.85. The molecule has 1 saturated carbocycles. The van der Waals surface area contributed by atoms with Crippen molar-refractivity contribution in [1.29, 1.82) is 0 Å². The molecule has 2 fully saturated rings. The first-order valence-electron chi connectivity index (χ1n) is 8.65. The maximum Gasteiger partial charge on any atom is 0.174 e. The molecule has 1 spiro atoms. The van der Waals surface area contributed by atoms with E-state index in [0.29, 0.717) is 31.4 Å². The predicted molar refractivity (Wildman–Crippen MR) is 87.3 cm³/mol. The number of carbonyl (C=O) groups is 1. The minimum absolute atomic E-state index is 0.0408. The topological polar surface area (TPSA) is 70.0 Å². The van der Waals surface area contributed by atoms with Crippen LogP contribution in [0.2, 0.25) is 0 Å². The number of phenolic OH excluding ortho intramolecular Hbond substituents is 1. The van der Waals surface area contributed by atoms with Crippen molar-refractivity contribution in [3.8, 4) is 11.5 Å². The van der Waals surface area contributed by atoms with Crippen molar-refractivity contribution in [2.24, 2.45) is 0 Å². The molecule has 0 amide bonds. The molecule has 1 aromatic rings. The van der Waals surface area contributed by atoms with Crippen molar-refractivity contribution >= 4 is 5.78 Å². The number of benzene rings is 1. The van der Waals surface area contributed by atoms with Crippen LogP contribution >= 0.6 is 0 Å². The van der Waals surface area contributed by atoms with Gasteiger partial charge < -0.3 is 14.9 Å². The summed E-state index contributed by atoms with van der Waals surface area (Å²) >= 11 is 0. The van der Waals surface area contributed by atoms with Gasteiger partial charge in [0.2, 0.25) is 0 Å². The molecule has 1 unspecified atom stereocenters. The molecule has 5 nitrogen and oxygen atoms in total. The summed E-state index contributed by atoms with van der Waals surface area (Å²) < 4.78 is 5.98. The summed E-state index contributed by atoms with van der Waals surface area (Å²) in [7, 11) is 0. The van der Waals surface area contributed by atoms with Crippen molar-refractivity contribution in [1.82, 2.24) is 4.90 Å². The van der Waals surface area contributed by atoms with Crippen LogP contribution in [0.5, 0.6) is 11.5 Å². The first-order chi connectivity index (χ1) is 11.5. The van der Waals surface area contributed by atoms with Crippen molar-refractivity contribution in [2.75, 3.05) is 13.1 Å². The highest BCUT2D eigenvalue weighted by Gasteiger charge is 2.72. The van der Waals surface area contributed by atoms with Gasteiger partial charge in [0.05, 0.1) is 11.0 Å². The Morgan fingerprint density at radius 3 is 3.04 bits per heavy atom. The SMILES string of the molecule is C=CCN1CC[C@]23c4c5ccc(O)c4O[C@H]2C(=O)CC[C@]3(O)C1C5. The number of hydrogen-bond donors (Lipinski definition) is 2. The Bertz CT molecular complexity index is 775. The summed E-state index contributed by atoms with van der Waals surface area (Å²) in [5.74, 6) is 0.528. The number of carbonyl (C=O) groups excluding carboxylic acids is 1. The number of nitrogens with zero attached hydrogens (tertiary/aromatic N) is 1. The van der Waals surface area contributed by atoms with E-state index in [0.717, 1.165) is 24.2 Å². The second-order valence-electron chi connectivity index (χ2n) is 7.56.